The van der Waals surface area contributed by atoms with Gasteiger partial charge in [-0.25, -0.2) is 4.72 Å². The van der Waals surface area contributed by atoms with E-state index in [0.717, 1.165) is 31.6 Å². The maximum Gasteiger partial charge on any atom is 0.279 e. The van der Waals surface area contributed by atoms with Crippen molar-refractivity contribution < 1.29 is 8.42 Å². The molecule has 3 N–H and O–H groups in total. The molecule has 1 saturated carbocycles. The Hall–Kier alpha value is -0.170. The minimum absolute atomic E-state index is 0.490. The lowest BCUT2D eigenvalue weighted by Crippen LogP contribution is -2.46. The molecule has 0 spiro atoms. The fraction of sp³-hybridized carbons (Fsp3) is 1.00. The molecule has 0 aromatic rings. The topological polar surface area (TPSA) is 75.4 Å². The molecular weight excluding hydrogens is 274 g/mol. The van der Waals surface area contributed by atoms with Crippen molar-refractivity contribution in [2.45, 2.75) is 51.4 Å². The maximum atomic E-state index is 12.2. The summed E-state index contributed by atoms with van der Waals surface area (Å²) in [6, 6.07) is 0. The van der Waals surface area contributed by atoms with Crippen molar-refractivity contribution in [2.24, 2.45) is 17.6 Å². The summed E-state index contributed by atoms with van der Waals surface area (Å²) in [6.45, 7) is 2.47. The van der Waals surface area contributed by atoms with Gasteiger partial charge in [0.05, 0.1) is 0 Å². The molecule has 0 aromatic carbocycles. The fourth-order valence-electron chi connectivity index (χ4n) is 3.37. The summed E-state index contributed by atoms with van der Waals surface area (Å²) in [5.74, 6) is 1.32. The highest BCUT2D eigenvalue weighted by molar-refractivity contribution is 7.87. The summed E-state index contributed by atoms with van der Waals surface area (Å²) in [5, 5.41) is 0. The van der Waals surface area contributed by atoms with Crippen LogP contribution in [0, 0.1) is 11.8 Å². The van der Waals surface area contributed by atoms with E-state index in [-0.39, 0.29) is 0 Å². The fourth-order valence-corrected chi connectivity index (χ4v) is 4.64. The standard InChI is InChI=1S/C14H29N3O2S/c15-12-14-7-10-17(11-8-14)20(18,19)16-9-3-6-13-4-1-2-5-13/h13-14,16H,1-12,15H2. The highest BCUT2D eigenvalue weighted by Crippen LogP contribution is 2.28. The van der Waals surface area contributed by atoms with Crippen molar-refractivity contribution in [1.82, 2.24) is 9.03 Å². The van der Waals surface area contributed by atoms with Gasteiger partial charge in [0.1, 0.15) is 0 Å². The number of piperidine rings is 1. The Morgan fingerprint density at radius 1 is 1.05 bits per heavy atom. The maximum absolute atomic E-state index is 12.2. The molecule has 0 aromatic heterocycles. The summed E-state index contributed by atoms with van der Waals surface area (Å²) in [7, 11) is -3.27. The van der Waals surface area contributed by atoms with Crippen LogP contribution in [0.2, 0.25) is 0 Å². The molecule has 118 valence electrons. The predicted octanol–water partition coefficient (Wildman–Crippen LogP) is 1.46. The van der Waals surface area contributed by atoms with Gasteiger partial charge in [-0.3, -0.25) is 0 Å². The van der Waals surface area contributed by atoms with E-state index >= 15 is 0 Å². The first-order chi connectivity index (χ1) is 9.62. The van der Waals surface area contributed by atoms with Crippen LogP contribution in [-0.4, -0.2) is 38.9 Å². The number of nitrogens with two attached hydrogens (primary N) is 1. The van der Waals surface area contributed by atoms with E-state index in [2.05, 4.69) is 4.72 Å². The first kappa shape index (κ1) is 16.2. The Bertz CT molecular complexity index is 372. The van der Waals surface area contributed by atoms with E-state index in [1.54, 1.807) is 4.31 Å². The Balaban J connectivity index is 1.65. The molecule has 2 aliphatic rings. The van der Waals surface area contributed by atoms with E-state index in [0.29, 0.717) is 32.1 Å². The summed E-state index contributed by atoms with van der Waals surface area (Å²) >= 11 is 0. The average Bonchev–Trinajstić information content (AvgIpc) is 2.97. The predicted molar refractivity (Wildman–Crippen MR) is 81.5 cm³/mol. The lowest BCUT2D eigenvalue weighted by molar-refractivity contribution is 0.275. The second kappa shape index (κ2) is 7.73. The van der Waals surface area contributed by atoms with Gasteiger partial charge in [-0.05, 0) is 44.1 Å². The van der Waals surface area contributed by atoms with Gasteiger partial charge in [0, 0.05) is 19.6 Å². The molecular formula is C14H29N3O2S. The summed E-state index contributed by atoms with van der Waals surface area (Å²) in [5.41, 5.74) is 5.63. The minimum atomic E-state index is -3.27. The Kier molecular flexibility index (Phi) is 6.26. The third kappa shape index (κ3) is 4.69. The Labute approximate surface area is 123 Å². The summed E-state index contributed by atoms with van der Waals surface area (Å²) < 4.78 is 28.7. The van der Waals surface area contributed by atoms with Crippen LogP contribution in [0.5, 0.6) is 0 Å². The molecule has 6 heteroatoms. The van der Waals surface area contributed by atoms with Crippen molar-refractivity contribution >= 4 is 10.2 Å². The molecule has 0 amide bonds. The normalized spacial score (nSPS) is 23.4. The smallest absolute Gasteiger partial charge is 0.279 e. The third-order valence-corrected chi connectivity index (χ3v) is 6.41. The van der Waals surface area contributed by atoms with Crippen LogP contribution < -0.4 is 10.5 Å². The molecule has 5 nitrogen and oxygen atoms in total. The van der Waals surface area contributed by atoms with Crippen LogP contribution in [0.1, 0.15) is 51.4 Å². The van der Waals surface area contributed by atoms with Crippen molar-refractivity contribution in [3.05, 3.63) is 0 Å². The van der Waals surface area contributed by atoms with Gasteiger partial charge in [0.25, 0.3) is 10.2 Å². The zero-order valence-corrected chi connectivity index (χ0v) is 13.2. The highest BCUT2D eigenvalue weighted by atomic mass is 32.2. The molecule has 2 fully saturated rings. The van der Waals surface area contributed by atoms with Crippen molar-refractivity contribution in [1.29, 1.82) is 0 Å². The van der Waals surface area contributed by atoms with Crippen LogP contribution in [0.15, 0.2) is 0 Å². The van der Waals surface area contributed by atoms with Gasteiger partial charge in [0.2, 0.25) is 0 Å². The Morgan fingerprint density at radius 3 is 2.30 bits per heavy atom. The van der Waals surface area contributed by atoms with Crippen LogP contribution >= 0.6 is 0 Å². The van der Waals surface area contributed by atoms with Gasteiger partial charge >= 0.3 is 0 Å². The highest BCUT2D eigenvalue weighted by Gasteiger charge is 2.27. The van der Waals surface area contributed by atoms with Gasteiger partial charge in [-0.2, -0.15) is 12.7 Å². The molecule has 1 heterocycles. The molecule has 1 saturated heterocycles. The van der Waals surface area contributed by atoms with Crippen LogP contribution in [-0.2, 0) is 10.2 Å². The minimum Gasteiger partial charge on any atom is -0.330 e. The first-order valence-electron chi connectivity index (χ1n) is 8.06. The second-order valence-electron chi connectivity index (χ2n) is 6.27. The molecule has 2 rings (SSSR count). The van der Waals surface area contributed by atoms with Crippen LogP contribution in [0.25, 0.3) is 0 Å². The molecule has 0 bridgehead atoms. The summed E-state index contributed by atoms with van der Waals surface area (Å²) in [6.07, 6.45) is 9.28. The number of hydrogen-bond donors (Lipinski definition) is 2. The molecule has 1 aliphatic carbocycles. The van der Waals surface area contributed by atoms with Crippen molar-refractivity contribution in [2.75, 3.05) is 26.2 Å². The largest absolute Gasteiger partial charge is 0.330 e. The molecule has 1 aliphatic heterocycles. The quantitative estimate of drug-likeness (QED) is 0.699. The zero-order valence-electron chi connectivity index (χ0n) is 12.4. The number of nitrogens with zero attached hydrogens (tertiary/aromatic N) is 1. The van der Waals surface area contributed by atoms with Gasteiger partial charge in [-0.15, -0.1) is 0 Å². The average molecular weight is 303 g/mol. The number of nitrogens with one attached hydrogen (secondary N) is 1. The van der Waals surface area contributed by atoms with Crippen molar-refractivity contribution in [3.63, 3.8) is 0 Å². The van der Waals surface area contributed by atoms with Gasteiger partial charge < -0.3 is 5.73 Å². The Morgan fingerprint density at radius 2 is 1.70 bits per heavy atom. The number of hydrogen-bond acceptors (Lipinski definition) is 3. The number of rotatable bonds is 7. The van der Waals surface area contributed by atoms with Gasteiger partial charge in [-0.1, -0.05) is 25.7 Å². The van der Waals surface area contributed by atoms with Gasteiger partial charge in [0.15, 0.2) is 0 Å². The summed E-state index contributed by atoms with van der Waals surface area (Å²) in [4.78, 5) is 0. The van der Waals surface area contributed by atoms with E-state index in [4.69, 9.17) is 5.73 Å². The molecule has 0 atom stereocenters. The monoisotopic (exact) mass is 303 g/mol. The van der Waals surface area contributed by atoms with E-state index < -0.39 is 10.2 Å². The van der Waals surface area contributed by atoms with Crippen LogP contribution in [0.3, 0.4) is 0 Å². The zero-order chi connectivity index (χ0) is 14.4. The molecule has 20 heavy (non-hydrogen) atoms. The SMILES string of the molecule is NCC1CCN(S(=O)(=O)NCCCC2CCCC2)CC1. The second-order valence-corrected chi connectivity index (χ2v) is 8.03. The van der Waals surface area contributed by atoms with E-state index in [1.165, 1.54) is 25.7 Å². The van der Waals surface area contributed by atoms with E-state index in [9.17, 15) is 8.42 Å². The lowest BCUT2D eigenvalue weighted by atomic mass is 9.99. The van der Waals surface area contributed by atoms with Crippen molar-refractivity contribution in [3.8, 4) is 0 Å². The van der Waals surface area contributed by atoms with E-state index in [1.807, 2.05) is 0 Å². The molecule has 0 radical (unpaired) electrons. The van der Waals surface area contributed by atoms with Crippen LogP contribution in [0.4, 0.5) is 0 Å². The lowest BCUT2D eigenvalue weighted by Gasteiger charge is -2.30. The molecule has 0 unspecified atom stereocenters. The third-order valence-electron chi connectivity index (χ3n) is 4.80. The first-order valence-corrected chi connectivity index (χ1v) is 9.50.